The molecule has 0 unspecified atom stereocenters. The Kier molecular flexibility index (Phi) is 8.25. The zero-order valence-electron chi connectivity index (χ0n) is 17.9. The highest BCUT2D eigenvalue weighted by atomic mass is 16.6. The molecule has 0 aliphatic carbocycles. The molecule has 0 bridgehead atoms. The third kappa shape index (κ3) is 6.34. The Hall–Kier alpha value is -2.82. The fourth-order valence-corrected chi connectivity index (χ4v) is 3.06. The summed E-state index contributed by atoms with van der Waals surface area (Å²) in [5.41, 5.74) is 2.94. The number of anilines is 1. The Morgan fingerprint density at radius 2 is 1.48 bits per heavy atom. The molecule has 1 amide bonds. The highest BCUT2D eigenvalue weighted by molar-refractivity contribution is 5.94. The van der Waals surface area contributed by atoms with Crippen molar-refractivity contribution in [3.8, 4) is 5.75 Å². The van der Waals surface area contributed by atoms with Crippen LogP contribution in [0.5, 0.6) is 5.75 Å². The molecule has 2 aromatic rings. The quantitative estimate of drug-likeness (QED) is 0.585. The van der Waals surface area contributed by atoms with E-state index in [1.165, 1.54) is 0 Å². The van der Waals surface area contributed by atoms with Crippen LogP contribution in [0.15, 0.2) is 48.5 Å². The van der Waals surface area contributed by atoms with Crippen molar-refractivity contribution in [3.05, 3.63) is 59.7 Å². The summed E-state index contributed by atoms with van der Waals surface area (Å²) in [6, 6.07) is 15.1. The van der Waals surface area contributed by atoms with Crippen molar-refractivity contribution < 1.29 is 19.1 Å². The van der Waals surface area contributed by atoms with Gasteiger partial charge in [0.1, 0.15) is 5.75 Å². The van der Waals surface area contributed by atoms with E-state index in [0.717, 1.165) is 16.8 Å². The molecule has 0 heterocycles. The molecule has 0 saturated heterocycles. The van der Waals surface area contributed by atoms with Gasteiger partial charge in [-0.15, -0.1) is 0 Å². The van der Waals surface area contributed by atoms with E-state index >= 15 is 0 Å². The summed E-state index contributed by atoms with van der Waals surface area (Å²) >= 11 is 0. The van der Waals surface area contributed by atoms with E-state index in [1.54, 1.807) is 12.1 Å². The van der Waals surface area contributed by atoms with Crippen LogP contribution < -0.4 is 10.1 Å². The first kappa shape index (κ1) is 22.5. The second-order valence-corrected chi connectivity index (χ2v) is 7.60. The van der Waals surface area contributed by atoms with Gasteiger partial charge in [-0.25, -0.2) is 4.79 Å². The van der Waals surface area contributed by atoms with Gasteiger partial charge in [0, 0.05) is 5.69 Å². The minimum atomic E-state index is -0.751. The number of carbonyl (C=O) groups excluding carboxylic acids is 2. The summed E-state index contributed by atoms with van der Waals surface area (Å²) in [6.07, 6.45) is -0.303. The van der Waals surface area contributed by atoms with Gasteiger partial charge >= 0.3 is 5.97 Å². The summed E-state index contributed by atoms with van der Waals surface area (Å²) in [7, 11) is 0. The number of rotatable bonds is 9. The molecule has 0 spiro atoms. The highest BCUT2D eigenvalue weighted by Crippen LogP contribution is 2.32. The molecule has 0 saturated carbocycles. The van der Waals surface area contributed by atoms with E-state index in [2.05, 4.69) is 33.0 Å². The van der Waals surface area contributed by atoms with Crippen molar-refractivity contribution in [1.29, 1.82) is 0 Å². The molecule has 5 heteroatoms. The van der Waals surface area contributed by atoms with Crippen molar-refractivity contribution in [2.75, 3.05) is 11.9 Å². The minimum absolute atomic E-state index is 0.260. The number of nitrogens with one attached hydrogen (secondary N) is 1. The molecule has 0 aromatic heterocycles. The van der Waals surface area contributed by atoms with E-state index in [9.17, 15) is 9.59 Å². The zero-order chi connectivity index (χ0) is 21.4. The Morgan fingerprint density at radius 1 is 0.897 bits per heavy atom. The molecule has 1 atom stereocenters. The summed E-state index contributed by atoms with van der Waals surface area (Å²) in [4.78, 5) is 24.9. The third-order valence-electron chi connectivity index (χ3n) is 4.64. The van der Waals surface area contributed by atoms with Gasteiger partial charge in [-0.05, 0) is 41.5 Å². The molecular weight excluding hydrogens is 366 g/mol. The lowest BCUT2D eigenvalue weighted by atomic mass is 9.92. The van der Waals surface area contributed by atoms with E-state index < -0.39 is 12.1 Å². The maximum atomic E-state index is 12.5. The fraction of sp³-hybridized carbons (Fsp3) is 0.417. The van der Waals surface area contributed by atoms with Crippen LogP contribution in [0.2, 0.25) is 0 Å². The lowest BCUT2D eigenvalue weighted by Gasteiger charge is -2.20. The lowest BCUT2D eigenvalue weighted by Crippen LogP contribution is -2.31. The average molecular weight is 398 g/mol. The molecule has 2 rings (SSSR count). The Labute approximate surface area is 173 Å². The van der Waals surface area contributed by atoms with Crippen LogP contribution >= 0.6 is 0 Å². The van der Waals surface area contributed by atoms with Crippen LogP contribution in [-0.2, 0) is 14.3 Å². The number of hydrogen-bond donors (Lipinski definition) is 1. The van der Waals surface area contributed by atoms with E-state index in [-0.39, 0.29) is 24.3 Å². The smallest absolute Gasteiger partial charge is 0.347 e. The molecule has 0 radical (unpaired) electrons. The number of benzene rings is 2. The molecule has 2 aromatic carbocycles. The first-order valence-electron chi connectivity index (χ1n) is 10.1. The van der Waals surface area contributed by atoms with Gasteiger partial charge in [-0.1, -0.05) is 71.0 Å². The Balaban J connectivity index is 2.01. The zero-order valence-corrected chi connectivity index (χ0v) is 17.9. The normalized spacial score (nSPS) is 12.0. The fourth-order valence-electron chi connectivity index (χ4n) is 3.06. The van der Waals surface area contributed by atoms with Gasteiger partial charge in [0.15, 0.2) is 12.7 Å². The number of hydrogen-bond acceptors (Lipinski definition) is 4. The van der Waals surface area contributed by atoms with Crippen molar-refractivity contribution >= 4 is 17.6 Å². The molecule has 29 heavy (non-hydrogen) atoms. The van der Waals surface area contributed by atoms with Gasteiger partial charge in [-0.3, -0.25) is 4.79 Å². The van der Waals surface area contributed by atoms with E-state index in [4.69, 9.17) is 9.47 Å². The van der Waals surface area contributed by atoms with Crippen LogP contribution in [-0.4, -0.2) is 24.6 Å². The van der Waals surface area contributed by atoms with Crippen LogP contribution in [0, 0.1) is 0 Å². The maximum absolute atomic E-state index is 12.5. The van der Waals surface area contributed by atoms with Crippen LogP contribution in [0.4, 0.5) is 5.69 Å². The van der Waals surface area contributed by atoms with Crippen molar-refractivity contribution in [3.63, 3.8) is 0 Å². The second kappa shape index (κ2) is 10.6. The van der Waals surface area contributed by atoms with Gasteiger partial charge in [0.25, 0.3) is 5.91 Å². The van der Waals surface area contributed by atoms with Gasteiger partial charge in [-0.2, -0.15) is 0 Å². The molecule has 1 N–H and O–H groups in total. The maximum Gasteiger partial charge on any atom is 0.347 e. The summed E-state index contributed by atoms with van der Waals surface area (Å²) in [5.74, 6) is 0.203. The number of amides is 1. The molecule has 0 aliphatic heterocycles. The van der Waals surface area contributed by atoms with Crippen LogP contribution in [0.25, 0.3) is 0 Å². The minimum Gasteiger partial charge on any atom is -0.479 e. The standard InChI is InChI=1S/C24H31NO4/c1-6-21(29-18-11-8-7-9-12-18)24(27)28-15-22(26)25-23-19(16(2)3)13-10-14-20(23)17(4)5/h7-14,16-17,21H,6,15H2,1-5H3,(H,25,26)/t21-/m1/s1. The topological polar surface area (TPSA) is 64.6 Å². The highest BCUT2D eigenvalue weighted by Gasteiger charge is 2.22. The summed E-state index contributed by atoms with van der Waals surface area (Å²) in [6.45, 7) is 9.83. The van der Waals surface area contributed by atoms with Crippen molar-refractivity contribution in [1.82, 2.24) is 0 Å². The summed E-state index contributed by atoms with van der Waals surface area (Å²) < 4.78 is 10.9. The molecule has 156 valence electrons. The van der Waals surface area contributed by atoms with Crippen LogP contribution in [0.3, 0.4) is 0 Å². The van der Waals surface area contributed by atoms with Gasteiger partial charge in [0.2, 0.25) is 0 Å². The predicted molar refractivity (Wildman–Crippen MR) is 115 cm³/mol. The molecule has 5 nitrogen and oxygen atoms in total. The van der Waals surface area contributed by atoms with E-state index in [1.807, 2.05) is 43.3 Å². The van der Waals surface area contributed by atoms with Crippen molar-refractivity contribution in [2.24, 2.45) is 0 Å². The molecule has 0 fully saturated rings. The number of ether oxygens (including phenoxy) is 2. The summed E-state index contributed by atoms with van der Waals surface area (Å²) in [5, 5.41) is 2.95. The monoisotopic (exact) mass is 397 g/mol. The molecule has 0 aliphatic rings. The first-order chi connectivity index (χ1) is 13.8. The number of esters is 1. The second-order valence-electron chi connectivity index (χ2n) is 7.60. The predicted octanol–water partition coefficient (Wildman–Crippen LogP) is 5.27. The lowest BCUT2D eigenvalue weighted by molar-refractivity contribution is -0.154. The van der Waals surface area contributed by atoms with Crippen LogP contribution in [0.1, 0.15) is 64.0 Å². The third-order valence-corrected chi connectivity index (χ3v) is 4.64. The van der Waals surface area contributed by atoms with Gasteiger partial charge in [0.05, 0.1) is 0 Å². The number of para-hydroxylation sites is 2. The SMILES string of the molecule is CC[C@@H](Oc1ccccc1)C(=O)OCC(=O)Nc1c(C(C)C)cccc1C(C)C. The van der Waals surface area contributed by atoms with E-state index in [0.29, 0.717) is 12.2 Å². The largest absolute Gasteiger partial charge is 0.479 e. The Morgan fingerprint density at radius 3 is 2.00 bits per heavy atom. The van der Waals surface area contributed by atoms with Gasteiger partial charge < -0.3 is 14.8 Å². The number of carbonyl (C=O) groups is 2. The average Bonchev–Trinajstić information content (AvgIpc) is 2.70. The Bertz CT molecular complexity index is 789. The molecular formula is C24H31NO4. The first-order valence-corrected chi connectivity index (χ1v) is 10.1. The van der Waals surface area contributed by atoms with Crippen molar-refractivity contribution in [2.45, 2.75) is 59.0 Å².